The summed E-state index contributed by atoms with van der Waals surface area (Å²) < 4.78 is 5.31. The largest absolute Gasteiger partial charge is 0.496 e. The Morgan fingerprint density at radius 2 is 2.10 bits per heavy atom. The third-order valence-corrected chi connectivity index (χ3v) is 3.91. The molecule has 108 valence electrons. The van der Waals surface area contributed by atoms with Crippen LogP contribution in [0.25, 0.3) is 0 Å². The number of nitrogens with one attached hydrogen (secondary N) is 1. The Morgan fingerprint density at radius 1 is 1.24 bits per heavy atom. The molecule has 0 unspecified atom stereocenters. The van der Waals surface area contributed by atoms with Gasteiger partial charge in [0.05, 0.1) is 7.11 Å². The van der Waals surface area contributed by atoms with Crippen molar-refractivity contribution in [1.82, 2.24) is 0 Å². The number of rotatable bonds is 4. The van der Waals surface area contributed by atoms with Gasteiger partial charge in [-0.3, -0.25) is 4.79 Å². The van der Waals surface area contributed by atoms with Crippen molar-refractivity contribution in [1.29, 1.82) is 0 Å². The zero-order chi connectivity index (χ0) is 14.7. The summed E-state index contributed by atoms with van der Waals surface area (Å²) in [4.78, 5) is 12.5. The monoisotopic (exact) mass is 281 g/mol. The molecule has 1 aliphatic rings. The average Bonchev–Trinajstić information content (AvgIpc) is 2.55. The smallest absolute Gasteiger partial charge is 0.167 e. The minimum absolute atomic E-state index is 0.132. The van der Waals surface area contributed by atoms with Gasteiger partial charge in [-0.1, -0.05) is 18.2 Å². The van der Waals surface area contributed by atoms with Crippen LogP contribution in [0.2, 0.25) is 0 Å². The molecule has 0 fully saturated rings. The number of benzene rings is 2. The summed E-state index contributed by atoms with van der Waals surface area (Å²) in [6, 6.07) is 13.6. The Labute approximate surface area is 124 Å². The number of ketones is 1. The number of carbonyl (C=O) groups is 1. The fourth-order valence-electron chi connectivity index (χ4n) is 2.77. The molecule has 0 aromatic heterocycles. The van der Waals surface area contributed by atoms with Gasteiger partial charge in [-0.05, 0) is 42.7 Å². The molecule has 21 heavy (non-hydrogen) atoms. The number of hydrogen-bond acceptors (Lipinski definition) is 3. The molecule has 0 atom stereocenters. The molecule has 3 heteroatoms. The van der Waals surface area contributed by atoms with E-state index in [4.69, 9.17) is 4.74 Å². The van der Waals surface area contributed by atoms with Crippen LogP contribution in [-0.2, 0) is 12.8 Å². The van der Waals surface area contributed by atoms with Gasteiger partial charge < -0.3 is 10.1 Å². The summed E-state index contributed by atoms with van der Waals surface area (Å²) in [7, 11) is 1.63. The molecular formula is C18H19NO2. The highest BCUT2D eigenvalue weighted by Gasteiger charge is 2.14. The number of fused-ring (bicyclic) bond motifs is 1. The maximum Gasteiger partial charge on any atom is 0.167 e. The van der Waals surface area contributed by atoms with Crippen molar-refractivity contribution < 1.29 is 9.53 Å². The first kappa shape index (κ1) is 13.7. The van der Waals surface area contributed by atoms with Crippen LogP contribution in [0, 0.1) is 0 Å². The predicted octanol–water partition coefficient (Wildman–Crippen LogP) is 3.48. The number of ether oxygens (including phenoxy) is 1. The first-order valence-corrected chi connectivity index (χ1v) is 7.30. The van der Waals surface area contributed by atoms with Crippen molar-refractivity contribution >= 4 is 11.5 Å². The van der Waals surface area contributed by atoms with Gasteiger partial charge in [0.2, 0.25) is 0 Å². The minimum atomic E-state index is 0.132. The predicted molar refractivity (Wildman–Crippen MR) is 84.3 cm³/mol. The lowest BCUT2D eigenvalue weighted by Gasteiger charge is -2.18. The molecule has 0 saturated heterocycles. The zero-order valence-electron chi connectivity index (χ0n) is 12.2. The lowest BCUT2D eigenvalue weighted by Crippen LogP contribution is -2.13. The Balaban J connectivity index is 1.82. The topological polar surface area (TPSA) is 38.3 Å². The van der Waals surface area contributed by atoms with E-state index in [2.05, 4.69) is 5.32 Å². The number of anilines is 1. The molecule has 3 nitrogen and oxygen atoms in total. The third kappa shape index (κ3) is 2.92. The molecular weight excluding hydrogens is 262 g/mol. The molecule has 1 aliphatic heterocycles. The fourth-order valence-corrected chi connectivity index (χ4v) is 2.77. The van der Waals surface area contributed by atoms with Crippen LogP contribution < -0.4 is 10.1 Å². The van der Waals surface area contributed by atoms with Gasteiger partial charge in [-0.2, -0.15) is 0 Å². The van der Waals surface area contributed by atoms with Crippen molar-refractivity contribution in [3.63, 3.8) is 0 Å². The number of para-hydroxylation sites is 1. The van der Waals surface area contributed by atoms with E-state index in [-0.39, 0.29) is 5.78 Å². The van der Waals surface area contributed by atoms with Gasteiger partial charge >= 0.3 is 0 Å². The lowest BCUT2D eigenvalue weighted by atomic mass is 9.96. The van der Waals surface area contributed by atoms with E-state index in [0.717, 1.165) is 42.0 Å². The van der Waals surface area contributed by atoms with E-state index in [0.29, 0.717) is 6.42 Å². The van der Waals surface area contributed by atoms with Crippen LogP contribution in [0.15, 0.2) is 42.5 Å². The highest BCUT2D eigenvalue weighted by Crippen LogP contribution is 2.25. The molecule has 2 aromatic carbocycles. The Hall–Kier alpha value is -2.29. The van der Waals surface area contributed by atoms with E-state index in [9.17, 15) is 4.79 Å². The molecule has 0 bridgehead atoms. The van der Waals surface area contributed by atoms with Crippen molar-refractivity contribution in [2.24, 2.45) is 0 Å². The van der Waals surface area contributed by atoms with E-state index >= 15 is 0 Å². The second-order valence-electron chi connectivity index (χ2n) is 5.31. The fraction of sp³-hybridized carbons (Fsp3) is 0.278. The lowest BCUT2D eigenvalue weighted by molar-refractivity contribution is 0.0992. The summed E-state index contributed by atoms with van der Waals surface area (Å²) >= 11 is 0. The Bertz CT molecular complexity index is 664. The molecule has 2 aromatic rings. The van der Waals surface area contributed by atoms with Gasteiger partial charge in [0.1, 0.15) is 5.75 Å². The van der Waals surface area contributed by atoms with Gasteiger partial charge in [-0.15, -0.1) is 0 Å². The van der Waals surface area contributed by atoms with Crippen molar-refractivity contribution in [2.45, 2.75) is 19.3 Å². The van der Waals surface area contributed by atoms with Crippen LogP contribution in [0.1, 0.15) is 27.9 Å². The summed E-state index contributed by atoms with van der Waals surface area (Å²) in [5, 5.41) is 3.37. The van der Waals surface area contributed by atoms with Gasteiger partial charge in [0, 0.05) is 29.8 Å². The number of hydrogen-bond donors (Lipinski definition) is 1. The number of aryl methyl sites for hydroxylation is 1. The van der Waals surface area contributed by atoms with Gasteiger partial charge in [0.15, 0.2) is 5.78 Å². The number of carbonyl (C=O) groups excluding carboxylic acids is 1. The van der Waals surface area contributed by atoms with E-state index in [1.54, 1.807) is 7.11 Å². The van der Waals surface area contributed by atoms with Crippen molar-refractivity contribution in [2.75, 3.05) is 19.0 Å². The average molecular weight is 281 g/mol. The van der Waals surface area contributed by atoms with E-state index in [1.165, 1.54) is 5.56 Å². The quantitative estimate of drug-likeness (QED) is 0.872. The van der Waals surface area contributed by atoms with E-state index in [1.807, 2.05) is 42.5 Å². The maximum absolute atomic E-state index is 12.5. The summed E-state index contributed by atoms with van der Waals surface area (Å²) in [5.41, 5.74) is 4.12. The Kier molecular flexibility index (Phi) is 3.91. The van der Waals surface area contributed by atoms with Gasteiger partial charge in [-0.25, -0.2) is 0 Å². The van der Waals surface area contributed by atoms with Crippen LogP contribution >= 0.6 is 0 Å². The van der Waals surface area contributed by atoms with Crippen LogP contribution in [-0.4, -0.2) is 19.4 Å². The van der Waals surface area contributed by atoms with Crippen LogP contribution in [0.3, 0.4) is 0 Å². The highest BCUT2D eigenvalue weighted by atomic mass is 16.5. The molecule has 3 rings (SSSR count). The SMILES string of the molecule is COc1ccccc1CC(=O)c1ccc2c(c1)CCCN2. The van der Waals surface area contributed by atoms with Crippen LogP contribution in [0.4, 0.5) is 5.69 Å². The molecule has 0 radical (unpaired) electrons. The van der Waals surface area contributed by atoms with Crippen LogP contribution in [0.5, 0.6) is 5.75 Å². The molecule has 0 aliphatic carbocycles. The minimum Gasteiger partial charge on any atom is -0.496 e. The standard InChI is InChI=1S/C18H19NO2/c1-21-18-7-3-2-5-15(18)12-17(20)14-8-9-16-13(11-14)6-4-10-19-16/h2-3,5,7-9,11,19H,4,6,10,12H2,1H3. The first-order valence-electron chi connectivity index (χ1n) is 7.30. The Morgan fingerprint density at radius 3 is 2.95 bits per heavy atom. The molecule has 0 saturated carbocycles. The normalized spacial score (nSPS) is 13.2. The molecule has 1 heterocycles. The molecule has 0 amide bonds. The first-order chi connectivity index (χ1) is 10.3. The number of methoxy groups -OCH3 is 1. The summed E-state index contributed by atoms with van der Waals surface area (Å²) in [5.74, 6) is 0.901. The third-order valence-electron chi connectivity index (χ3n) is 3.91. The summed E-state index contributed by atoms with van der Waals surface area (Å²) in [6.07, 6.45) is 2.53. The highest BCUT2D eigenvalue weighted by molar-refractivity contribution is 5.98. The van der Waals surface area contributed by atoms with Crippen molar-refractivity contribution in [3.8, 4) is 5.75 Å². The summed E-state index contributed by atoms with van der Waals surface area (Å²) in [6.45, 7) is 1.02. The second kappa shape index (κ2) is 6.00. The molecule has 1 N–H and O–H groups in total. The maximum atomic E-state index is 12.5. The zero-order valence-corrected chi connectivity index (χ0v) is 12.2. The van der Waals surface area contributed by atoms with Crippen molar-refractivity contribution in [3.05, 3.63) is 59.2 Å². The second-order valence-corrected chi connectivity index (χ2v) is 5.31. The molecule has 0 spiro atoms. The number of Topliss-reactive ketones (excluding diaryl/α,β-unsaturated/α-hetero) is 1. The van der Waals surface area contributed by atoms with Gasteiger partial charge in [0.25, 0.3) is 0 Å². The van der Waals surface area contributed by atoms with E-state index < -0.39 is 0 Å².